The Morgan fingerprint density at radius 3 is 2.36 bits per heavy atom. The van der Waals surface area contributed by atoms with Crippen LogP contribution in [0, 0.1) is 0 Å². The van der Waals surface area contributed by atoms with E-state index in [1.54, 1.807) is 51.0 Å². The molecule has 0 aromatic heterocycles. The van der Waals surface area contributed by atoms with Gasteiger partial charge in [-0.2, -0.15) is 0 Å². The van der Waals surface area contributed by atoms with Gasteiger partial charge in [0.25, 0.3) is 0 Å². The molecule has 3 aromatic rings. The van der Waals surface area contributed by atoms with Crippen molar-refractivity contribution in [3.05, 3.63) is 95.6 Å². The Balaban J connectivity index is 0.00000400. The van der Waals surface area contributed by atoms with Gasteiger partial charge in [0.05, 0.1) is 13.1 Å². The highest BCUT2D eigenvalue weighted by Gasteiger charge is 2.50. The molecule has 2 N–H and O–H groups in total. The van der Waals surface area contributed by atoms with Crippen LogP contribution in [0.3, 0.4) is 0 Å². The fourth-order valence-electron chi connectivity index (χ4n) is 6.32. The maximum atomic E-state index is 14.1. The first-order valence-corrected chi connectivity index (χ1v) is 14.9. The fourth-order valence-corrected chi connectivity index (χ4v) is 6.32. The maximum Gasteiger partial charge on any atom is 0.334 e. The number of aromatic hydroxyl groups is 1. The van der Waals surface area contributed by atoms with Crippen LogP contribution in [0.2, 0.25) is 0 Å². The van der Waals surface area contributed by atoms with Crippen LogP contribution in [0.15, 0.2) is 78.9 Å². The van der Waals surface area contributed by atoms with Crippen molar-refractivity contribution in [3.8, 4) is 5.75 Å². The summed E-state index contributed by atoms with van der Waals surface area (Å²) in [6.07, 6.45) is 0.826. The van der Waals surface area contributed by atoms with E-state index in [1.807, 2.05) is 54.6 Å². The van der Waals surface area contributed by atoms with E-state index in [0.29, 0.717) is 19.5 Å². The lowest BCUT2D eigenvalue weighted by atomic mass is 9.98. The number of rotatable bonds is 7. The van der Waals surface area contributed by atoms with Crippen molar-refractivity contribution in [1.82, 2.24) is 25.1 Å². The molecule has 3 aliphatic rings. The molecule has 0 aliphatic carbocycles. The molecule has 11 nitrogen and oxygen atoms in total. The number of benzene rings is 3. The van der Waals surface area contributed by atoms with Crippen LogP contribution >= 0.6 is 0 Å². The second-order valence-electron chi connectivity index (χ2n) is 11.5. The Kier molecular flexibility index (Phi) is 9.38. The molecular weight excluding hydrogens is 572 g/mol. The number of hydrogen-bond donors (Lipinski definition) is 2. The van der Waals surface area contributed by atoms with E-state index < -0.39 is 12.2 Å². The number of carbonyl (C=O) groups is 4. The smallest absolute Gasteiger partial charge is 0.334 e. The number of amides is 5. The molecule has 2 atom stereocenters. The number of nitrogens with one attached hydrogen (secondary N) is 1. The molecule has 0 bridgehead atoms. The highest BCUT2D eigenvalue weighted by atomic mass is 16.3. The van der Waals surface area contributed by atoms with E-state index in [1.165, 1.54) is 5.01 Å². The standard InChI is InChI=1S/C33H36N6O5.CH4/c1-35-22-31(42)38-28(18-23-12-14-27(40)15-13-23)32(43)36(20-25-9-5-10-26(17-25)37-16-6-11-30(37)41)21-29(38)39(35)33(44)34-19-24-7-3-2-4-8-24;/h2-5,7-10,12-15,17,28-29,40H,6,11,16,18-22H2,1H3,(H,34,44);1H4/t28-,29-;/m0./s1. The third-order valence-corrected chi connectivity index (χ3v) is 8.47. The molecular formula is C34H40N6O5. The summed E-state index contributed by atoms with van der Waals surface area (Å²) in [5, 5.41) is 15.9. The Labute approximate surface area is 263 Å². The number of likely N-dealkylation sites (N-methyl/N-ethyl adjacent to an activating group) is 1. The number of hydrazine groups is 1. The molecule has 3 saturated heterocycles. The van der Waals surface area contributed by atoms with Crippen molar-refractivity contribution in [1.29, 1.82) is 0 Å². The van der Waals surface area contributed by atoms with Gasteiger partial charge in [0, 0.05) is 45.2 Å². The predicted molar refractivity (Wildman–Crippen MR) is 170 cm³/mol. The molecule has 5 amide bonds. The van der Waals surface area contributed by atoms with Crippen LogP contribution in [-0.2, 0) is 33.9 Å². The highest BCUT2D eigenvalue weighted by molar-refractivity contribution is 5.95. The molecule has 3 heterocycles. The van der Waals surface area contributed by atoms with Crippen molar-refractivity contribution < 1.29 is 24.3 Å². The van der Waals surface area contributed by atoms with Gasteiger partial charge in [-0.3, -0.25) is 14.4 Å². The van der Waals surface area contributed by atoms with E-state index in [0.717, 1.165) is 28.8 Å². The molecule has 45 heavy (non-hydrogen) atoms. The second kappa shape index (κ2) is 13.4. The Hall–Kier alpha value is -4.90. The minimum atomic E-state index is -0.854. The van der Waals surface area contributed by atoms with Gasteiger partial charge in [0.2, 0.25) is 17.7 Å². The summed E-state index contributed by atoms with van der Waals surface area (Å²) >= 11 is 0. The summed E-state index contributed by atoms with van der Waals surface area (Å²) in [4.78, 5) is 58.8. The highest BCUT2D eigenvalue weighted by Crippen LogP contribution is 2.30. The predicted octanol–water partition coefficient (Wildman–Crippen LogP) is 3.34. The summed E-state index contributed by atoms with van der Waals surface area (Å²) in [6.45, 7) is 1.29. The first-order chi connectivity index (χ1) is 21.3. The van der Waals surface area contributed by atoms with Gasteiger partial charge < -0.3 is 25.1 Å². The van der Waals surface area contributed by atoms with E-state index in [-0.39, 0.29) is 63.0 Å². The molecule has 0 unspecified atom stereocenters. The summed E-state index contributed by atoms with van der Waals surface area (Å²) in [5.41, 5.74) is 3.37. The molecule has 11 heteroatoms. The third kappa shape index (κ3) is 6.63. The molecule has 6 rings (SSSR count). The molecule has 3 aliphatic heterocycles. The van der Waals surface area contributed by atoms with Crippen LogP contribution in [-0.4, -0.2) is 87.6 Å². The SMILES string of the molecule is C.CN1CC(=O)N2[C@@H](Cc3ccc(O)cc3)C(=O)N(Cc3cccc(N4CCCC4=O)c3)C[C@@H]2N1C(=O)NCc1ccccc1. The van der Waals surface area contributed by atoms with Crippen molar-refractivity contribution >= 4 is 29.4 Å². The van der Waals surface area contributed by atoms with E-state index in [9.17, 15) is 24.3 Å². The van der Waals surface area contributed by atoms with Crippen LogP contribution in [0.4, 0.5) is 10.5 Å². The third-order valence-electron chi connectivity index (χ3n) is 8.47. The minimum Gasteiger partial charge on any atom is -0.508 e. The number of fused-ring (bicyclic) bond motifs is 1. The van der Waals surface area contributed by atoms with Crippen LogP contribution in [0.1, 0.15) is 37.0 Å². The molecule has 236 valence electrons. The number of carbonyl (C=O) groups excluding carboxylic acids is 4. The van der Waals surface area contributed by atoms with Crippen LogP contribution in [0.25, 0.3) is 0 Å². The van der Waals surface area contributed by atoms with Gasteiger partial charge >= 0.3 is 6.03 Å². The van der Waals surface area contributed by atoms with Crippen LogP contribution < -0.4 is 10.2 Å². The molecule has 0 saturated carbocycles. The maximum absolute atomic E-state index is 14.1. The molecule has 3 fully saturated rings. The average molecular weight is 613 g/mol. The minimum absolute atomic E-state index is 0. The van der Waals surface area contributed by atoms with Crippen molar-refractivity contribution in [2.75, 3.05) is 31.6 Å². The second-order valence-corrected chi connectivity index (χ2v) is 11.5. The number of piperazine rings is 1. The van der Waals surface area contributed by atoms with Gasteiger partial charge in [0.15, 0.2) is 0 Å². The van der Waals surface area contributed by atoms with Crippen molar-refractivity contribution in [2.24, 2.45) is 0 Å². The first kappa shape index (κ1) is 31.5. The lowest BCUT2D eigenvalue weighted by molar-refractivity contribution is -0.187. The number of hydrogen-bond acceptors (Lipinski definition) is 6. The van der Waals surface area contributed by atoms with Gasteiger partial charge in [-0.1, -0.05) is 62.0 Å². The summed E-state index contributed by atoms with van der Waals surface area (Å²) in [7, 11) is 1.70. The largest absolute Gasteiger partial charge is 0.508 e. The Bertz CT molecular complexity index is 1550. The number of phenols is 1. The lowest BCUT2D eigenvalue weighted by Crippen LogP contribution is -2.76. The summed E-state index contributed by atoms with van der Waals surface area (Å²) in [6, 6.07) is 22.5. The summed E-state index contributed by atoms with van der Waals surface area (Å²) < 4.78 is 0. The quantitative estimate of drug-likeness (QED) is 0.423. The summed E-state index contributed by atoms with van der Waals surface area (Å²) in [5.74, 6) is -0.270. The first-order valence-electron chi connectivity index (χ1n) is 14.9. The number of urea groups is 1. The fraction of sp³-hybridized carbons (Fsp3) is 0.353. The molecule has 0 spiro atoms. The van der Waals surface area contributed by atoms with Gasteiger partial charge in [0.1, 0.15) is 18.0 Å². The topological polar surface area (TPSA) is 117 Å². The van der Waals surface area contributed by atoms with Crippen LogP contribution in [0.5, 0.6) is 5.75 Å². The van der Waals surface area contributed by atoms with E-state index in [4.69, 9.17) is 0 Å². The normalized spacial score (nSPS) is 20.2. The Morgan fingerprint density at radius 1 is 0.911 bits per heavy atom. The lowest BCUT2D eigenvalue weighted by Gasteiger charge is -2.54. The van der Waals surface area contributed by atoms with Gasteiger partial charge in [-0.15, -0.1) is 0 Å². The van der Waals surface area contributed by atoms with Crippen molar-refractivity contribution in [3.63, 3.8) is 0 Å². The zero-order valence-corrected chi connectivity index (χ0v) is 24.6. The number of phenolic OH excluding ortho intramolecular Hbond substituents is 1. The van der Waals surface area contributed by atoms with Gasteiger partial charge in [-0.25, -0.2) is 14.8 Å². The number of anilines is 1. The Morgan fingerprint density at radius 2 is 1.64 bits per heavy atom. The molecule has 3 aromatic carbocycles. The number of nitrogens with zero attached hydrogens (tertiary/aromatic N) is 5. The average Bonchev–Trinajstić information content (AvgIpc) is 3.45. The van der Waals surface area contributed by atoms with Gasteiger partial charge in [-0.05, 0) is 47.4 Å². The zero-order chi connectivity index (χ0) is 30.8. The van der Waals surface area contributed by atoms with Crippen molar-refractivity contribution in [2.45, 2.75) is 52.0 Å². The van der Waals surface area contributed by atoms with E-state index >= 15 is 0 Å². The molecule has 0 radical (unpaired) electrons. The van der Waals surface area contributed by atoms with E-state index in [2.05, 4.69) is 5.32 Å². The monoisotopic (exact) mass is 612 g/mol. The zero-order valence-electron chi connectivity index (χ0n) is 24.6.